The number of ether oxygens (including phenoxy) is 2. The monoisotopic (exact) mass is 492 g/mol. The molecule has 10 heteroatoms. The predicted molar refractivity (Wildman–Crippen MR) is 131 cm³/mol. The Hall–Kier alpha value is -2.49. The number of allylic oxidation sites excluding steroid dienone is 1. The van der Waals surface area contributed by atoms with Crippen molar-refractivity contribution in [2.45, 2.75) is 31.5 Å². The quantitative estimate of drug-likeness (QED) is 0.279. The van der Waals surface area contributed by atoms with Crippen LogP contribution in [0.1, 0.15) is 18.2 Å². The van der Waals surface area contributed by atoms with Gasteiger partial charge < -0.3 is 14.8 Å². The zero-order valence-electron chi connectivity index (χ0n) is 18.2. The second-order valence-corrected chi connectivity index (χ2v) is 9.13. The first-order chi connectivity index (χ1) is 15.5. The number of rotatable bonds is 11. The van der Waals surface area contributed by atoms with Gasteiger partial charge in [-0.3, -0.25) is 9.36 Å². The van der Waals surface area contributed by atoms with Crippen molar-refractivity contribution in [3.63, 3.8) is 0 Å². The van der Waals surface area contributed by atoms with E-state index in [2.05, 4.69) is 40.5 Å². The Bertz CT molecular complexity index is 1100. The molecule has 0 saturated carbocycles. The number of nitrogens with one attached hydrogen (secondary N) is 1. The molecular formula is C22H25ClN4O3S2. The highest BCUT2D eigenvalue weighted by molar-refractivity contribution is 7.99. The summed E-state index contributed by atoms with van der Waals surface area (Å²) in [6, 6.07) is 5.38. The Balaban J connectivity index is 1.73. The number of thioether (sulfide) groups is 1. The van der Waals surface area contributed by atoms with Gasteiger partial charge in [0.05, 0.1) is 30.7 Å². The highest BCUT2D eigenvalue weighted by Gasteiger charge is 2.17. The molecule has 1 amide bonds. The number of hydrogen-bond acceptors (Lipinski definition) is 7. The molecule has 0 unspecified atom stereocenters. The number of amides is 1. The average molecular weight is 493 g/mol. The van der Waals surface area contributed by atoms with Crippen LogP contribution in [0.5, 0.6) is 11.5 Å². The number of carbonyl (C=O) groups is 1. The number of aryl methyl sites for hydroxylation is 1. The third-order valence-electron chi connectivity index (χ3n) is 4.52. The van der Waals surface area contributed by atoms with Crippen molar-refractivity contribution < 1.29 is 14.3 Å². The molecule has 0 fully saturated rings. The van der Waals surface area contributed by atoms with Crippen molar-refractivity contribution in [3.8, 4) is 22.9 Å². The molecule has 3 aromatic rings. The zero-order valence-corrected chi connectivity index (χ0v) is 20.6. The summed E-state index contributed by atoms with van der Waals surface area (Å²) in [5.74, 6) is 1.60. The Morgan fingerprint density at radius 2 is 2.06 bits per heavy atom. The van der Waals surface area contributed by atoms with Gasteiger partial charge in [0.1, 0.15) is 11.5 Å². The molecule has 0 aliphatic carbocycles. The van der Waals surface area contributed by atoms with Crippen molar-refractivity contribution in [2.24, 2.45) is 0 Å². The highest BCUT2D eigenvalue weighted by Crippen LogP contribution is 2.36. The maximum absolute atomic E-state index is 12.6. The maximum atomic E-state index is 12.6. The van der Waals surface area contributed by atoms with Crippen LogP contribution >= 0.6 is 34.7 Å². The fraction of sp³-hybridized carbons (Fsp3) is 0.318. The fourth-order valence-electron chi connectivity index (χ4n) is 3.05. The lowest BCUT2D eigenvalue weighted by molar-refractivity contribution is -0.113. The van der Waals surface area contributed by atoms with E-state index in [-0.39, 0.29) is 11.7 Å². The van der Waals surface area contributed by atoms with Gasteiger partial charge in [0, 0.05) is 34.5 Å². The van der Waals surface area contributed by atoms with E-state index < -0.39 is 0 Å². The van der Waals surface area contributed by atoms with E-state index in [1.807, 2.05) is 4.57 Å². The number of nitrogens with zero attached hydrogens (tertiary/aromatic N) is 3. The molecule has 0 aliphatic rings. The minimum absolute atomic E-state index is 0.147. The van der Waals surface area contributed by atoms with Crippen LogP contribution < -0.4 is 14.8 Å². The van der Waals surface area contributed by atoms with Gasteiger partial charge in [-0.25, -0.2) is 0 Å². The number of thiophene rings is 1. The second-order valence-electron chi connectivity index (χ2n) is 6.78. The number of benzene rings is 1. The number of hydrogen-bond donors (Lipinski definition) is 1. The van der Waals surface area contributed by atoms with E-state index in [0.717, 1.165) is 24.2 Å². The van der Waals surface area contributed by atoms with Gasteiger partial charge in [-0.1, -0.05) is 42.8 Å². The van der Waals surface area contributed by atoms with E-state index in [0.29, 0.717) is 33.9 Å². The van der Waals surface area contributed by atoms with Gasteiger partial charge in [-0.15, -0.1) is 28.1 Å². The van der Waals surface area contributed by atoms with Crippen LogP contribution in [0.4, 0.5) is 5.69 Å². The topological polar surface area (TPSA) is 78.3 Å². The first-order valence-electron chi connectivity index (χ1n) is 9.96. The molecule has 0 atom stereocenters. The minimum atomic E-state index is -0.215. The van der Waals surface area contributed by atoms with Crippen molar-refractivity contribution in [1.82, 2.24) is 14.8 Å². The summed E-state index contributed by atoms with van der Waals surface area (Å²) in [6.45, 7) is 6.55. The van der Waals surface area contributed by atoms with Crippen LogP contribution in [0.15, 0.2) is 41.4 Å². The fourth-order valence-corrected chi connectivity index (χ4v) is 5.00. The lowest BCUT2D eigenvalue weighted by Crippen LogP contribution is -2.15. The Morgan fingerprint density at radius 3 is 2.75 bits per heavy atom. The van der Waals surface area contributed by atoms with E-state index >= 15 is 0 Å². The average Bonchev–Trinajstić information content (AvgIpc) is 3.40. The van der Waals surface area contributed by atoms with Gasteiger partial charge in [0.2, 0.25) is 5.91 Å². The summed E-state index contributed by atoms with van der Waals surface area (Å²) in [5.41, 5.74) is 1.51. The Morgan fingerprint density at radius 1 is 1.28 bits per heavy atom. The molecule has 2 aromatic heterocycles. The van der Waals surface area contributed by atoms with Crippen molar-refractivity contribution in [1.29, 1.82) is 0 Å². The normalized spacial score (nSPS) is 10.8. The lowest BCUT2D eigenvalue weighted by Gasteiger charge is -2.13. The lowest BCUT2D eigenvalue weighted by atomic mass is 10.2. The summed E-state index contributed by atoms with van der Waals surface area (Å²) in [7, 11) is 3.02. The summed E-state index contributed by atoms with van der Waals surface area (Å²) < 4.78 is 12.5. The summed E-state index contributed by atoms with van der Waals surface area (Å²) in [4.78, 5) is 13.9. The molecule has 170 valence electrons. The second kappa shape index (κ2) is 11.4. The van der Waals surface area contributed by atoms with Crippen LogP contribution in [0, 0.1) is 0 Å². The molecule has 0 saturated heterocycles. The third kappa shape index (κ3) is 5.65. The maximum Gasteiger partial charge on any atom is 0.234 e. The summed E-state index contributed by atoms with van der Waals surface area (Å²) >= 11 is 9.16. The first-order valence-corrected chi connectivity index (χ1v) is 12.2. The van der Waals surface area contributed by atoms with Crippen LogP contribution in [0.25, 0.3) is 11.4 Å². The Labute approximate surface area is 200 Å². The number of halogens is 1. The molecule has 0 bridgehead atoms. The van der Waals surface area contributed by atoms with Crippen LogP contribution in [-0.4, -0.2) is 40.6 Å². The number of carbonyl (C=O) groups excluding carboxylic acids is 1. The third-order valence-corrected chi connectivity index (χ3v) is 6.78. The first kappa shape index (κ1) is 24.2. The smallest absolute Gasteiger partial charge is 0.234 e. The number of aromatic nitrogens is 3. The Kier molecular flexibility index (Phi) is 8.60. The molecule has 7 nitrogen and oxygen atoms in total. The molecule has 0 spiro atoms. The summed E-state index contributed by atoms with van der Waals surface area (Å²) in [5, 5.41) is 14.7. The predicted octanol–water partition coefficient (Wildman–Crippen LogP) is 5.55. The van der Waals surface area contributed by atoms with Crippen molar-refractivity contribution in [2.75, 3.05) is 25.3 Å². The SMILES string of the molecule is C=CCn1c(SCC(=O)Nc2cc(OC)c(Cl)cc2OC)nnc1-c1csc(CCC)c1. The van der Waals surface area contributed by atoms with Crippen LogP contribution in [0.3, 0.4) is 0 Å². The molecule has 2 heterocycles. The van der Waals surface area contributed by atoms with E-state index in [4.69, 9.17) is 21.1 Å². The number of anilines is 1. The van der Waals surface area contributed by atoms with E-state index in [1.165, 1.54) is 30.9 Å². The minimum Gasteiger partial charge on any atom is -0.495 e. The molecule has 1 N–H and O–H groups in total. The largest absolute Gasteiger partial charge is 0.495 e. The molecule has 32 heavy (non-hydrogen) atoms. The molecule has 3 rings (SSSR count). The van der Waals surface area contributed by atoms with Crippen molar-refractivity contribution in [3.05, 3.63) is 46.1 Å². The molecule has 0 aliphatic heterocycles. The van der Waals surface area contributed by atoms with E-state index in [1.54, 1.807) is 29.5 Å². The van der Waals surface area contributed by atoms with Crippen LogP contribution in [0.2, 0.25) is 5.02 Å². The molecule has 1 aromatic carbocycles. The van der Waals surface area contributed by atoms with Gasteiger partial charge >= 0.3 is 0 Å². The van der Waals surface area contributed by atoms with Crippen LogP contribution in [-0.2, 0) is 17.8 Å². The van der Waals surface area contributed by atoms with Crippen molar-refractivity contribution >= 4 is 46.3 Å². The van der Waals surface area contributed by atoms with Gasteiger partial charge in [-0.05, 0) is 12.5 Å². The van der Waals surface area contributed by atoms with Gasteiger partial charge in [0.15, 0.2) is 11.0 Å². The highest BCUT2D eigenvalue weighted by atomic mass is 35.5. The van der Waals surface area contributed by atoms with Gasteiger partial charge in [-0.2, -0.15) is 0 Å². The summed E-state index contributed by atoms with van der Waals surface area (Å²) in [6.07, 6.45) is 3.93. The van der Waals surface area contributed by atoms with Gasteiger partial charge in [0.25, 0.3) is 0 Å². The standard InChI is InChI=1S/C22H25ClN4O3S2/c1-5-7-15-9-14(12-31-15)21-25-26-22(27(21)8-6-2)32-13-20(28)24-17-11-18(29-3)16(23)10-19(17)30-4/h6,9-12H,2,5,7-8,13H2,1,3-4H3,(H,24,28). The number of methoxy groups -OCH3 is 2. The zero-order chi connectivity index (χ0) is 23.1. The molecule has 0 radical (unpaired) electrons. The molecular weight excluding hydrogens is 468 g/mol. The van der Waals surface area contributed by atoms with E-state index in [9.17, 15) is 4.79 Å².